The number of hydrogen-bond acceptors (Lipinski definition) is 4. The highest BCUT2D eigenvalue weighted by molar-refractivity contribution is 5.81. The van der Waals surface area contributed by atoms with Crippen LogP contribution in [0.4, 0.5) is 0 Å². The summed E-state index contributed by atoms with van der Waals surface area (Å²) in [5, 5.41) is 2.95. The number of carbonyl (C=O) groups is 1. The second-order valence-corrected chi connectivity index (χ2v) is 5.22. The van der Waals surface area contributed by atoms with Crippen molar-refractivity contribution in [2.75, 3.05) is 33.4 Å². The summed E-state index contributed by atoms with van der Waals surface area (Å²) in [5.74, 6) is 0.630. The summed E-state index contributed by atoms with van der Waals surface area (Å²) < 4.78 is 4.95. The van der Waals surface area contributed by atoms with E-state index in [4.69, 9.17) is 10.5 Å². The second kappa shape index (κ2) is 7.71. The molecule has 1 amide bonds. The molecule has 0 aromatic rings. The van der Waals surface area contributed by atoms with Gasteiger partial charge < -0.3 is 15.8 Å². The molecule has 0 radical (unpaired) electrons. The van der Waals surface area contributed by atoms with Gasteiger partial charge in [0.1, 0.15) is 0 Å². The summed E-state index contributed by atoms with van der Waals surface area (Å²) in [6.45, 7) is 7.29. The van der Waals surface area contributed by atoms with Crippen LogP contribution in [0.3, 0.4) is 0 Å². The van der Waals surface area contributed by atoms with E-state index >= 15 is 0 Å². The third-order valence-electron chi connectivity index (χ3n) is 3.75. The SMILES string of the molecule is COCCCNC(=O)C(C)N1CCC(C(C)N)C1. The van der Waals surface area contributed by atoms with Crippen LogP contribution in [0.2, 0.25) is 0 Å². The standard InChI is InChI=1S/C13H27N3O2/c1-10(14)12-5-7-16(9-12)11(2)13(17)15-6-4-8-18-3/h10-12H,4-9,14H2,1-3H3,(H,15,17). The van der Waals surface area contributed by atoms with E-state index in [-0.39, 0.29) is 18.0 Å². The molecule has 1 heterocycles. The number of rotatable bonds is 7. The smallest absolute Gasteiger partial charge is 0.237 e. The number of likely N-dealkylation sites (tertiary alicyclic amines) is 1. The second-order valence-electron chi connectivity index (χ2n) is 5.22. The van der Waals surface area contributed by atoms with Crippen LogP contribution in [0.25, 0.3) is 0 Å². The summed E-state index contributed by atoms with van der Waals surface area (Å²) in [4.78, 5) is 14.2. The van der Waals surface area contributed by atoms with E-state index in [1.165, 1.54) is 0 Å². The molecule has 1 rings (SSSR count). The molecule has 18 heavy (non-hydrogen) atoms. The van der Waals surface area contributed by atoms with Gasteiger partial charge >= 0.3 is 0 Å². The third-order valence-corrected chi connectivity index (χ3v) is 3.75. The lowest BCUT2D eigenvalue weighted by atomic mass is 10.0. The van der Waals surface area contributed by atoms with Crippen molar-refractivity contribution in [3.63, 3.8) is 0 Å². The Hall–Kier alpha value is -0.650. The molecule has 0 aromatic heterocycles. The molecule has 0 spiro atoms. The van der Waals surface area contributed by atoms with Crippen LogP contribution in [0, 0.1) is 5.92 Å². The van der Waals surface area contributed by atoms with Crippen molar-refractivity contribution < 1.29 is 9.53 Å². The van der Waals surface area contributed by atoms with Crippen molar-refractivity contribution in [3.8, 4) is 0 Å². The predicted octanol–water partition coefficient (Wildman–Crippen LogP) is 0.197. The Balaban J connectivity index is 2.27. The number of methoxy groups -OCH3 is 1. The summed E-state index contributed by atoms with van der Waals surface area (Å²) in [5.41, 5.74) is 5.91. The average molecular weight is 257 g/mol. The van der Waals surface area contributed by atoms with Crippen LogP contribution in [0.15, 0.2) is 0 Å². The molecule has 1 aliphatic rings. The Morgan fingerprint density at radius 1 is 1.56 bits per heavy atom. The Morgan fingerprint density at radius 2 is 2.28 bits per heavy atom. The molecule has 0 aromatic carbocycles. The van der Waals surface area contributed by atoms with E-state index in [1.807, 2.05) is 13.8 Å². The van der Waals surface area contributed by atoms with Gasteiger partial charge in [-0.25, -0.2) is 0 Å². The lowest BCUT2D eigenvalue weighted by Crippen LogP contribution is -2.45. The Bertz CT molecular complexity index is 259. The van der Waals surface area contributed by atoms with E-state index in [2.05, 4.69) is 10.2 Å². The van der Waals surface area contributed by atoms with Gasteiger partial charge in [0, 0.05) is 32.8 Å². The monoisotopic (exact) mass is 257 g/mol. The molecule has 0 saturated carbocycles. The fourth-order valence-electron chi connectivity index (χ4n) is 2.34. The zero-order valence-electron chi connectivity index (χ0n) is 11.8. The van der Waals surface area contributed by atoms with Crippen LogP contribution in [-0.2, 0) is 9.53 Å². The van der Waals surface area contributed by atoms with Gasteiger partial charge in [-0.3, -0.25) is 9.69 Å². The molecule has 1 aliphatic heterocycles. The molecule has 5 nitrogen and oxygen atoms in total. The Morgan fingerprint density at radius 3 is 2.83 bits per heavy atom. The van der Waals surface area contributed by atoms with Crippen LogP contribution >= 0.6 is 0 Å². The summed E-state index contributed by atoms with van der Waals surface area (Å²) in [6, 6.07) is 0.156. The highest BCUT2D eigenvalue weighted by Crippen LogP contribution is 2.20. The molecular formula is C13H27N3O2. The fraction of sp³-hybridized carbons (Fsp3) is 0.923. The molecule has 0 aliphatic carbocycles. The minimum atomic E-state index is -0.0590. The van der Waals surface area contributed by atoms with Gasteiger partial charge in [-0.1, -0.05) is 0 Å². The van der Waals surface area contributed by atoms with E-state index < -0.39 is 0 Å². The Labute approximate surface area is 110 Å². The van der Waals surface area contributed by atoms with E-state index in [0.717, 1.165) is 25.9 Å². The molecule has 1 saturated heterocycles. The normalized spacial score (nSPS) is 23.9. The van der Waals surface area contributed by atoms with Crippen LogP contribution in [-0.4, -0.2) is 56.2 Å². The van der Waals surface area contributed by atoms with E-state index in [9.17, 15) is 4.79 Å². The first kappa shape index (κ1) is 15.4. The van der Waals surface area contributed by atoms with Crippen molar-refractivity contribution in [1.82, 2.24) is 10.2 Å². The van der Waals surface area contributed by atoms with Crippen molar-refractivity contribution in [1.29, 1.82) is 0 Å². The number of amides is 1. The highest BCUT2D eigenvalue weighted by Gasteiger charge is 2.30. The average Bonchev–Trinajstić information content (AvgIpc) is 2.83. The molecule has 5 heteroatoms. The van der Waals surface area contributed by atoms with Crippen molar-refractivity contribution >= 4 is 5.91 Å². The van der Waals surface area contributed by atoms with Gasteiger partial charge in [0.05, 0.1) is 6.04 Å². The first-order chi connectivity index (χ1) is 8.56. The van der Waals surface area contributed by atoms with Crippen molar-refractivity contribution in [3.05, 3.63) is 0 Å². The molecule has 3 atom stereocenters. The highest BCUT2D eigenvalue weighted by atomic mass is 16.5. The molecular weight excluding hydrogens is 230 g/mol. The lowest BCUT2D eigenvalue weighted by Gasteiger charge is -2.24. The maximum absolute atomic E-state index is 11.9. The van der Waals surface area contributed by atoms with E-state index in [0.29, 0.717) is 19.1 Å². The predicted molar refractivity (Wildman–Crippen MR) is 72.3 cm³/mol. The van der Waals surface area contributed by atoms with Crippen LogP contribution < -0.4 is 11.1 Å². The maximum atomic E-state index is 11.9. The largest absolute Gasteiger partial charge is 0.385 e. The number of nitrogens with zero attached hydrogens (tertiary/aromatic N) is 1. The van der Waals surface area contributed by atoms with Crippen LogP contribution in [0.1, 0.15) is 26.7 Å². The number of hydrogen-bond donors (Lipinski definition) is 2. The van der Waals surface area contributed by atoms with Gasteiger partial charge in [0.2, 0.25) is 5.91 Å². The lowest BCUT2D eigenvalue weighted by molar-refractivity contribution is -0.125. The topological polar surface area (TPSA) is 67.6 Å². The van der Waals surface area contributed by atoms with Gasteiger partial charge in [0.25, 0.3) is 0 Å². The quantitative estimate of drug-likeness (QED) is 0.639. The van der Waals surface area contributed by atoms with Gasteiger partial charge in [-0.2, -0.15) is 0 Å². The summed E-state index contributed by atoms with van der Waals surface area (Å²) >= 11 is 0. The van der Waals surface area contributed by atoms with Crippen LogP contribution in [0.5, 0.6) is 0 Å². The zero-order chi connectivity index (χ0) is 13.5. The Kier molecular flexibility index (Phi) is 6.60. The number of ether oxygens (including phenoxy) is 1. The molecule has 1 fully saturated rings. The first-order valence-electron chi connectivity index (χ1n) is 6.82. The summed E-state index contributed by atoms with van der Waals surface area (Å²) in [7, 11) is 1.67. The molecule has 3 unspecified atom stereocenters. The molecule has 3 N–H and O–H groups in total. The van der Waals surface area contributed by atoms with Gasteiger partial charge in [0.15, 0.2) is 0 Å². The van der Waals surface area contributed by atoms with Gasteiger partial charge in [-0.15, -0.1) is 0 Å². The zero-order valence-corrected chi connectivity index (χ0v) is 11.8. The van der Waals surface area contributed by atoms with Crippen molar-refractivity contribution in [2.24, 2.45) is 11.7 Å². The molecule has 0 bridgehead atoms. The van der Waals surface area contributed by atoms with Crippen molar-refractivity contribution in [2.45, 2.75) is 38.8 Å². The molecule has 106 valence electrons. The summed E-state index contributed by atoms with van der Waals surface area (Å²) in [6.07, 6.45) is 1.95. The number of nitrogens with one attached hydrogen (secondary N) is 1. The number of nitrogens with two attached hydrogens (primary N) is 1. The van der Waals surface area contributed by atoms with Gasteiger partial charge in [-0.05, 0) is 39.2 Å². The first-order valence-corrected chi connectivity index (χ1v) is 6.82. The third kappa shape index (κ3) is 4.55. The fourth-order valence-corrected chi connectivity index (χ4v) is 2.34. The number of carbonyl (C=O) groups excluding carboxylic acids is 1. The van der Waals surface area contributed by atoms with E-state index in [1.54, 1.807) is 7.11 Å². The minimum Gasteiger partial charge on any atom is -0.385 e. The minimum absolute atomic E-state index is 0.0590. The maximum Gasteiger partial charge on any atom is 0.237 e.